The van der Waals surface area contributed by atoms with Crippen LogP contribution in [0.5, 0.6) is 5.75 Å². The molecule has 0 bridgehead atoms. The molecule has 0 aliphatic heterocycles. The Morgan fingerprint density at radius 1 is 1.29 bits per heavy atom. The van der Waals surface area contributed by atoms with Gasteiger partial charge in [-0.25, -0.2) is 0 Å². The summed E-state index contributed by atoms with van der Waals surface area (Å²) in [4.78, 5) is 2.14. The molecule has 0 heterocycles. The molecule has 0 radical (unpaired) electrons. The third-order valence-corrected chi connectivity index (χ3v) is 2.51. The van der Waals surface area contributed by atoms with Crippen LogP contribution in [0.3, 0.4) is 0 Å². The molecule has 0 amide bonds. The quantitative estimate of drug-likeness (QED) is 0.572. The van der Waals surface area contributed by atoms with Crippen molar-refractivity contribution in [1.82, 2.24) is 0 Å². The first kappa shape index (κ1) is 10.7. The first-order chi connectivity index (χ1) is 6.61. The highest BCUT2D eigenvalue weighted by molar-refractivity contribution is 5.74. The van der Waals surface area contributed by atoms with Crippen LogP contribution in [-0.4, -0.2) is 18.2 Å². The Morgan fingerprint density at radius 2 is 1.86 bits per heavy atom. The highest BCUT2D eigenvalue weighted by atomic mass is 16.3. The second kappa shape index (κ2) is 4.22. The van der Waals surface area contributed by atoms with Gasteiger partial charge in [0, 0.05) is 18.7 Å². The predicted octanol–water partition coefficient (Wildman–Crippen LogP) is 2.13. The molecule has 0 atom stereocenters. The molecule has 3 heteroatoms. The van der Waals surface area contributed by atoms with Gasteiger partial charge in [0.1, 0.15) is 5.75 Å². The minimum atomic E-state index is 0.307. The van der Waals surface area contributed by atoms with Crippen molar-refractivity contribution >= 4 is 11.4 Å². The van der Waals surface area contributed by atoms with Crippen LogP contribution in [0.25, 0.3) is 0 Å². The lowest BCUT2D eigenvalue weighted by Crippen LogP contribution is -2.23. The molecular weight excluding hydrogens is 176 g/mol. The highest BCUT2D eigenvalue weighted by Gasteiger charge is 2.11. The van der Waals surface area contributed by atoms with Gasteiger partial charge in [-0.2, -0.15) is 0 Å². The number of benzene rings is 1. The van der Waals surface area contributed by atoms with E-state index in [1.165, 1.54) is 0 Å². The van der Waals surface area contributed by atoms with Gasteiger partial charge in [0.15, 0.2) is 0 Å². The third-order valence-electron chi connectivity index (χ3n) is 2.51. The number of nitrogens with zero attached hydrogens (tertiary/aromatic N) is 1. The van der Waals surface area contributed by atoms with Gasteiger partial charge >= 0.3 is 0 Å². The summed E-state index contributed by atoms with van der Waals surface area (Å²) in [5.74, 6) is 0.307. The fraction of sp³-hybridized carbons (Fsp3) is 0.455. The molecule has 0 saturated heterocycles. The van der Waals surface area contributed by atoms with Crippen LogP contribution in [0.15, 0.2) is 12.1 Å². The Bertz CT molecular complexity index is 319. The number of rotatable bonds is 3. The Kier molecular flexibility index (Phi) is 3.23. The molecule has 0 aliphatic rings. The standard InChI is InChI=1S/C11H18N2O/c1-4-13(5-2)11-8(3)10(14)7-6-9(11)12/h6-7,14H,4-5,12H2,1-3H3. The van der Waals surface area contributed by atoms with E-state index in [2.05, 4.69) is 18.7 Å². The second-order valence-electron chi connectivity index (χ2n) is 3.32. The smallest absolute Gasteiger partial charge is 0.120 e. The lowest BCUT2D eigenvalue weighted by atomic mass is 10.1. The van der Waals surface area contributed by atoms with Crippen molar-refractivity contribution in [1.29, 1.82) is 0 Å². The fourth-order valence-corrected chi connectivity index (χ4v) is 1.67. The maximum Gasteiger partial charge on any atom is 0.120 e. The average Bonchev–Trinajstić information content (AvgIpc) is 2.19. The summed E-state index contributed by atoms with van der Waals surface area (Å²) in [7, 11) is 0. The molecule has 0 saturated carbocycles. The van der Waals surface area contributed by atoms with Crippen LogP contribution in [-0.2, 0) is 0 Å². The molecule has 0 aliphatic carbocycles. The number of anilines is 2. The molecule has 14 heavy (non-hydrogen) atoms. The molecule has 3 N–H and O–H groups in total. The summed E-state index contributed by atoms with van der Waals surface area (Å²) in [6, 6.07) is 3.38. The van der Waals surface area contributed by atoms with Crippen molar-refractivity contribution in [2.45, 2.75) is 20.8 Å². The minimum Gasteiger partial charge on any atom is -0.508 e. The zero-order chi connectivity index (χ0) is 10.7. The first-order valence-corrected chi connectivity index (χ1v) is 4.94. The number of phenols is 1. The average molecular weight is 194 g/mol. The summed E-state index contributed by atoms with van der Waals surface area (Å²) in [5, 5.41) is 9.58. The van der Waals surface area contributed by atoms with Gasteiger partial charge in [0.25, 0.3) is 0 Å². The van der Waals surface area contributed by atoms with Gasteiger partial charge in [-0.1, -0.05) is 0 Å². The maximum atomic E-state index is 9.58. The number of phenolic OH excluding ortho intramolecular Hbond substituents is 1. The normalized spacial score (nSPS) is 10.2. The van der Waals surface area contributed by atoms with E-state index in [9.17, 15) is 5.11 Å². The SMILES string of the molecule is CCN(CC)c1c(N)ccc(O)c1C. The Labute approximate surface area is 85.2 Å². The monoisotopic (exact) mass is 194 g/mol. The summed E-state index contributed by atoms with van der Waals surface area (Å²) in [6.07, 6.45) is 0. The molecule has 0 unspecified atom stereocenters. The zero-order valence-electron chi connectivity index (χ0n) is 9.04. The fourth-order valence-electron chi connectivity index (χ4n) is 1.67. The summed E-state index contributed by atoms with van der Waals surface area (Å²) in [5.41, 5.74) is 8.42. The minimum absolute atomic E-state index is 0.307. The molecule has 1 rings (SSSR count). The van der Waals surface area contributed by atoms with Crippen LogP contribution in [0.4, 0.5) is 11.4 Å². The van der Waals surface area contributed by atoms with Crippen molar-refractivity contribution in [2.24, 2.45) is 0 Å². The Morgan fingerprint density at radius 3 is 2.36 bits per heavy atom. The van der Waals surface area contributed by atoms with Gasteiger partial charge in [-0.05, 0) is 32.9 Å². The van der Waals surface area contributed by atoms with E-state index in [1.54, 1.807) is 12.1 Å². The Balaban J connectivity index is 3.23. The topological polar surface area (TPSA) is 49.5 Å². The molecule has 78 valence electrons. The van der Waals surface area contributed by atoms with Crippen LogP contribution in [0.2, 0.25) is 0 Å². The van der Waals surface area contributed by atoms with E-state index in [0.29, 0.717) is 5.75 Å². The van der Waals surface area contributed by atoms with Gasteiger partial charge in [-0.3, -0.25) is 0 Å². The molecule has 0 spiro atoms. The third kappa shape index (κ3) is 1.76. The van der Waals surface area contributed by atoms with Crippen molar-refractivity contribution in [2.75, 3.05) is 23.7 Å². The van der Waals surface area contributed by atoms with Gasteiger partial charge in [0.2, 0.25) is 0 Å². The summed E-state index contributed by atoms with van der Waals surface area (Å²) in [6.45, 7) is 7.83. The lowest BCUT2D eigenvalue weighted by molar-refractivity contribution is 0.471. The molecule has 3 nitrogen and oxygen atoms in total. The molecular formula is C11H18N2O. The summed E-state index contributed by atoms with van der Waals surface area (Å²) < 4.78 is 0. The van der Waals surface area contributed by atoms with Gasteiger partial charge in [0.05, 0.1) is 11.4 Å². The van der Waals surface area contributed by atoms with Gasteiger partial charge in [-0.15, -0.1) is 0 Å². The first-order valence-electron chi connectivity index (χ1n) is 4.94. The molecule has 1 aromatic rings. The van der Waals surface area contributed by atoms with E-state index in [4.69, 9.17) is 5.73 Å². The van der Waals surface area contributed by atoms with Crippen molar-refractivity contribution < 1.29 is 5.11 Å². The van der Waals surface area contributed by atoms with Crippen LogP contribution in [0, 0.1) is 6.92 Å². The van der Waals surface area contributed by atoms with Gasteiger partial charge < -0.3 is 15.7 Å². The predicted molar refractivity (Wildman–Crippen MR) is 60.8 cm³/mol. The van der Waals surface area contributed by atoms with E-state index in [-0.39, 0.29) is 0 Å². The van der Waals surface area contributed by atoms with Crippen molar-refractivity contribution in [3.05, 3.63) is 17.7 Å². The molecule has 0 fully saturated rings. The van der Waals surface area contributed by atoms with E-state index in [1.807, 2.05) is 6.92 Å². The van der Waals surface area contributed by atoms with E-state index in [0.717, 1.165) is 30.0 Å². The Hall–Kier alpha value is -1.38. The number of hydrogen-bond acceptors (Lipinski definition) is 3. The maximum absolute atomic E-state index is 9.58. The number of nitrogen functional groups attached to an aromatic ring is 1. The number of nitrogens with two attached hydrogens (primary N) is 1. The van der Waals surface area contributed by atoms with Crippen molar-refractivity contribution in [3.63, 3.8) is 0 Å². The van der Waals surface area contributed by atoms with E-state index >= 15 is 0 Å². The second-order valence-corrected chi connectivity index (χ2v) is 3.32. The largest absolute Gasteiger partial charge is 0.508 e. The van der Waals surface area contributed by atoms with E-state index < -0.39 is 0 Å². The zero-order valence-corrected chi connectivity index (χ0v) is 9.04. The lowest BCUT2D eigenvalue weighted by Gasteiger charge is -2.25. The molecule has 0 aromatic heterocycles. The molecule has 1 aromatic carbocycles. The number of aromatic hydroxyl groups is 1. The van der Waals surface area contributed by atoms with Crippen molar-refractivity contribution in [3.8, 4) is 5.75 Å². The van der Waals surface area contributed by atoms with Crippen LogP contribution >= 0.6 is 0 Å². The van der Waals surface area contributed by atoms with Crippen LogP contribution in [0.1, 0.15) is 19.4 Å². The highest BCUT2D eigenvalue weighted by Crippen LogP contribution is 2.33. The number of hydrogen-bond donors (Lipinski definition) is 2. The van der Waals surface area contributed by atoms with Crippen LogP contribution < -0.4 is 10.6 Å². The summed E-state index contributed by atoms with van der Waals surface area (Å²) >= 11 is 0.